The molecule has 0 aliphatic heterocycles. The van der Waals surface area contributed by atoms with E-state index in [1.54, 1.807) is 0 Å². The van der Waals surface area contributed by atoms with Crippen molar-refractivity contribution in [1.82, 2.24) is 4.98 Å². The summed E-state index contributed by atoms with van der Waals surface area (Å²) in [7, 11) is 0. The van der Waals surface area contributed by atoms with E-state index >= 15 is 0 Å². The molecule has 5 heteroatoms. The van der Waals surface area contributed by atoms with Gasteiger partial charge in [-0.3, -0.25) is 5.43 Å². The molecule has 1 aliphatic carbocycles. The van der Waals surface area contributed by atoms with Gasteiger partial charge in [-0.1, -0.05) is 30.3 Å². The summed E-state index contributed by atoms with van der Waals surface area (Å²) >= 11 is 0. The minimum atomic E-state index is 0.214. The van der Waals surface area contributed by atoms with E-state index in [0.29, 0.717) is 11.8 Å². The van der Waals surface area contributed by atoms with Crippen LogP contribution in [0.25, 0.3) is 0 Å². The van der Waals surface area contributed by atoms with Gasteiger partial charge in [0.2, 0.25) is 17.5 Å². The predicted molar refractivity (Wildman–Crippen MR) is 65.6 cm³/mol. The molecule has 1 fully saturated rings. The van der Waals surface area contributed by atoms with Crippen LogP contribution in [-0.4, -0.2) is 4.98 Å². The Hall–Kier alpha value is -2.32. The van der Waals surface area contributed by atoms with Crippen LogP contribution in [0, 0.1) is 11.3 Å². The Morgan fingerprint density at radius 1 is 1.33 bits per heavy atom. The average molecular weight is 240 g/mol. The first-order valence-electron chi connectivity index (χ1n) is 5.76. The number of hydrazine groups is 1. The summed E-state index contributed by atoms with van der Waals surface area (Å²) < 4.78 is 5.46. The maximum Gasteiger partial charge on any atom is 0.246 e. The first-order chi connectivity index (χ1) is 8.83. The van der Waals surface area contributed by atoms with Crippen molar-refractivity contribution >= 4 is 5.88 Å². The van der Waals surface area contributed by atoms with Gasteiger partial charge in [0.15, 0.2) is 0 Å². The highest BCUT2D eigenvalue weighted by Crippen LogP contribution is 2.54. The molecule has 1 aliphatic rings. The van der Waals surface area contributed by atoms with Gasteiger partial charge in [0.25, 0.3) is 0 Å². The number of nitrogens with zero attached hydrogens (tertiary/aromatic N) is 2. The Bertz CT molecular complexity index is 599. The van der Waals surface area contributed by atoms with Gasteiger partial charge in [-0.2, -0.15) is 5.26 Å². The van der Waals surface area contributed by atoms with Crippen LogP contribution in [0.3, 0.4) is 0 Å². The minimum absolute atomic E-state index is 0.214. The van der Waals surface area contributed by atoms with Crippen LogP contribution in [0.2, 0.25) is 0 Å². The molecule has 90 valence electrons. The van der Waals surface area contributed by atoms with E-state index in [9.17, 15) is 0 Å². The van der Waals surface area contributed by atoms with E-state index < -0.39 is 0 Å². The number of hydrogen-bond donors (Lipinski definition) is 2. The van der Waals surface area contributed by atoms with Crippen LogP contribution in [0.4, 0.5) is 5.88 Å². The van der Waals surface area contributed by atoms with Crippen molar-refractivity contribution in [3.63, 3.8) is 0 Å². The molecule has 0 amide bonds. The smallest absolute Gasteiger partial charge is 0.246 e. The van der Waals surface area contributed by atoms with Crippen molar-refractivity contribution < 1.29 is 4.42 Å². The van der Waals surface area contributed by atoms with Crippen LogP contribution in [-0.2, 0) is 0 Å². The zero-order chi connectivity index (χ0) is 12.5. The third-order valence-electron chi connectivity index (χ3n) is 3.22. The van der Waals surface area contributed by atoms with E-state index in [0.717, 1.165) is 6.42 Å². The van der Waals surface area contributed by atoms with Crippen molar-refractivity contribution in [2.45, 2.75) is 18.3 Å². The molecule has 1 heterocycles. The fraction of sp³-hybridized carbons (Fsp3) is 0.231. The molecular weight excluding hydrogens is 228 g/mol. The Balaban J connectivity index is 1.83. The zero-order valence-corrected chi connectivity index (χ0v) is 9.63. The largest absolute Gasteiger partial charge is 0.422 e. The van der Waals surface area contributed by atoms with Gasteiger partial charge < -0.3 is 4.42 Å². The second-order valence-corrected chi connectivity index (χ2v) is 4.35. The third kappa shape index (κ3) is 1.73. The van der Waals surface area contributed by atoms with Crippen LogP contribution >= 0.6 is 0 Å². The lowest BCUT2D eigenvalue weighted by molar-refractivity contribution is 0.506. The molecule has 0 saturated heterocycles. The quantitative estimate of drug-likeness (QED) is 0.633. The maximum absolute atomic E-state index is 8.88. The van der Waals surface area contributed by atoms with E-state index in [-0.39, 0.29) is 17.5 Å². The average Bonchev–Trinajstić information content (AvgIpc) is 3.12. The number of oxazole rings is 1. The molecule has 1 aromatic carbocycles. The standard InChI is InChI=1S/C13H12N4O/c14-7-11-13(17-15)18-12(16-11)10-6-9(10)8-4-2-1-3-5-8/h1-5,9-10,17H,6,15H2/t9-,10+/m0/s1. The Kier molecular flexibility index (Phi) is 2.50. The van der Waals surface area contributed by atoms with Gasteiger partial charge in [-0.05, 0) is 17.9 Å². The number of nitrogen functional groups attached to an aromatic ring is 1. The van der Waals surface area contributed by atoms with Crippen molar-refractivity contribution in [2.24, 2.45) is 5.84 Å². The highest BCUT2D eigenvalue weighted by Gasteiger charge is 2.43. The van der Waals surface area contributed by atoms with Crippen LogP contribution < -0.4 is 11.3 Å². The summed E-state index contributed by atoms with van der Waals surface area (Å²) in [6, 6.07) is 12.2. The van der Waals surface area contributed by atoms with Gasteiger partial charge in [-0.15, -0.1) is 0 Å². The molecule has 3 rings (SSSR count). The molecule has 0 spiro atoms. The Morgan fingerprint density at radius 2 is 2.11 bits per heavy atom. The van der Waals surface area contributed by atoms with Crippen molar-refractivity contribution in [1.29, 1.82) is 5.26 Å². The van der Waals surface area contributed by atoms with Gasteiger partial charge in [0.05, 0.1) is 0 Å². The number of benzene rings is 1. The summed E-state index contributed by atoms with van der Waals surface area (Å²) in [5, 5.41) is 8.88. The number of rotatable bonds is 3. The third-order valence-corrected chi connectivity index (χ3v) is 3.22. The fourth-order valence-corrected chi connectivity index (χ4v) is 2.21. The maximum atomic E-state index is 8.88. The fourth-order valence-electron chi connectivity index (χ4n) is 2.21. The summed E-state index contributed by atoms with van der Waals surface area (Å²) in [5.41, 5.74) is 3.85. The molecule has 3 N–H and O–H groups in total. The first-order valence-corrected chi connectivity index (χ1v) is 5.76. The molecule has 2 aromatic rings. The summed E-state index contributed by atoms with van der Waals surface area (Å²) in [6.07, 6.45) is 0.999. The van der Waals surface area contributed by atoms with Gasteiger partial charge in [-0.25, -0.2) is 10.8 Å². The first kappa shape index (κ1) is 10.8. The molecule has 18 heavy (non-hydrogen) atoms. The second kappa shape index (κ2) is 4.17. The van der Waals surface area contributed by atoms with Crippen LogP contribution in [0.5, 0.6) is 0 Å². The molecule has 0 unspecified atom stereocenters. The van der Waals surface area contributed by atoms with Gasteiger partial charge in [0.1, 0.15) is 6.07 Å². The second-order valence-electron chi connectivity index (χ2n) is 4.35. The predicted octanol–water partition coefficient (Wildman–Crippen LogP) is 2.10. The summed E-state index contributed by atoms with van der Waals surface area (Å²) in [5.74, 6) is 6.79. The highest BCUT2D eigenvalue weighted by molar-refractivity contribution is 5.45. The van der Waals surface area contributed by atoms with Crippen LogP contribution in [0.15, 0.2) is 34.7 Å². The Morgan fingerprint density at radius 3 is 2.72 bits per heavy atom. The lowest BCUT2D eigenvalue weighted by atomic mass is 10.1. The van der Waals surface area contributed by atoms with E-state index in [4.69, 9.17) is 15.5 Å². The van der Waals surface area contributed by atoms with E-state index in [1.165, 1.54) is 5.56 Å². The van der Waals surface area contributed by atoms with Crippen molar-refractivity contribution in [2.75, 3.05) is 5.43 Å². The SMILES string of the molecule is N#Cc1nc([C@@H]2C[C@H]2c2ccccc2)oc1NN. The Labute approximate surface area is 104 Å². The number of anilines is 1. The molecule has 5 nitrogen and oxygen atoms in total. The molecular formula is C13H12N4O. The summed E-state index contributed by atoms with van der Waals surface area (Å²) in [6.45, 7) is 0. The summed E-state index contributed by atoms with van der Waals surface area (Å²) in [4.78, 5) is 4.17. The van der Waals surface area contributed by atoms with E-state index in [1.807, 2.05) is 24.3 Å². The molecule has 1 saturated carbocycles. The van der Waals surface area contributed by atoms with Crippen LogP contribution in [0.1, 0.15) is 35.4 Å². The number of hydrogen-bond acceptors (Lipinski definition) is 5. The minimum Gasteiger partial charge on any atom is -0.422 e. The van der Waals surface area contributed by atoms with E-state index in [2.05, 4.69) is 22.5 Å². The van der Waals surface area contributed by atoms with Crippen molar-refractivity contribution in [3.8, 4) is 6.07 Å². The van der Waals surface area contributed by atoms with Crippen molar-refractivity contribution in [3.05, 3.63) is 47.5 Å². The topological polar surface area (TPSA) is 87.9 Å². The molecule has 2 atom stereocenters. The lowest BCUT2D eigenvalue weighted by Gasteiger charge is -1.97. The van der Waals surface area contributed by atoms with Gasteiger partial charge in [0, 0.05) is 5.92 Å². The molecule has 0 bridgehead atoms. The normalized spacial score (nSPS) is 21.3. The number of nitriles is 1. The lowest BCUT2D eigenvalue weighted by Crippen LogP contribution is -2.06. The monoisotopic (exact) mass is 240 g/mol. The number of nitrogens with one attached hydrogen (secondary N) is 1. The number of aromatic nitrogens is 1. The zero-order valence-electron chi connectivity index (χ0n) is 9.63. The highest BCUT2D eigenvalue weighted by atomic mass is 16.4. The van der Waals surface area contributed by atoms with Gasteiger partial charge >= 0.3 is 0 Å². The number of nitrogens with two attached hydrogens (primary N) is 1. The molecule has 0 radical (unpaired) electrons. The molecule has 1 aromatic heterocycles.